The molecule has 4 heterocycles. The third-order valence-corrected chi connectivity index (χ3v) is 9.52. The van der Waals surface area contributed by atoms with E-state index in [2.05, 4.69) is 21.3 Å². The number of methoxy groups -OCH3 is 1. The van der Waals surface area contributed by atoms with E-state index >= 15 is 0 Å². The van der Waals surface area contributed by atoms with Crippen LogP contribution in [0.4, 0.5) is 5.82 Å². The van der Waals surface area contributed by atoms with Crippen LogP contribution in [0.5, 0.6) is 5.88 Å². The lowest BCUT2D eigenvalue weighted by atomic mass is 10.0. The lowest BCUT2D eigenvalue weighted by Crippen LogP contribution is -2.52. The second kappa shape index (κ2) is 12.8. The van der Waals surface area contributed by atoms with E-state index in [1.165, 1.54) is 7.11 Å². The first-order valence-electron chi connectivity index (χ1n) is 16.3. The number of benzene rings is 2. The summed E-state index contributed by atoms with van der Waals surface area (Å²) in [6.45, 7) is 9.38. The second-order valence-electron chi connectivity index (χ2n) is 12.8. The number of pyridine rings is 1. The Morgan fingerprint density at radius 2 is 1.83 bits per heavy atom. The van der Waals surface area contributed by atoms with E-state index < -0.39 is 0 Å². The fourth-order valence-corrected chi connectivity index (χ4v) is 6.40. The quantitative estimate of drug-likeness (QED) is 0.165. The van der Waals surface area contributed by atoms with Crippen molar-refractivity contribution in [3.8, 4) is 5.88 Å². The number of ketones is 1. The Labute approximate surface area is 269 Å². The van der Waals surface area contributed by atoms with Crippen LogP contribution >= 0.6 is 0 Å². The van der Waals surface area contributed by atoms with Crippen molar-refractivity contribution in [1.82, 2.24) is 19.4 Å². The van der Waals surface area contributed by atoms with Crippen molar-refractivity contribution >= 4 is 28.6 Å². The van der Waals surface area contributed by atoms with Crippen LogP contribution in [0.3, 0.4) is 0 Å². The molecule has 2 atom stereocenters. The van der Waals surface area contributed by atoms with Crippen LogP contribution in [-0.2, 0) is 29.2 Å². The van der Waals surface area contributed by atoms with Crippen molar-refractivity contribution in [1.29, 1.82) is 0 Å². The zero-order valence-electron chi connectivity index (χ0n) is 26.8. The smallest absolute Gasteiger partial charge is 0.337 e. The van der Waals surface area contributed by atoms with E-state index in [4.69, 9.17) is 24.2 Å². The number of piperazine rings is 1. The first kappa shape index (κ1) is 30.4. The minimum atomic E-state index is -0.352. The summed E-state index contributed by atoms with van der Waals surface area (Å²) in [5.74, 6) is 2.59. The number of esters is 1. The summed E-state index contributed by atoms with van der Waals surface area (Å²) in [5, 5.41) is 0. The van der Waals surface area contributed by atoms with Crippen LogP contribution in [0.15, 0.2) is 54.6 Å². The average molecular weight is 624 g/mol. The summed E-state index contributed by atoms with van der Waals surface area (Å²) in [7, 11) is 1.40. The number of rotatable bonds is 11. The van der Waals surface area contributed by atoms with Gasteiger partial charge in [-0.15, -0.1) is 0 Å². The van der Waals surface area contributed by atoms with E-state index in [-0.39, 0.29) is 29.8 Å². The van der Waals surface area contributed by atoms with E-state index in [1.54, 1.807) is 6.07 Å². The molecule has 0 spiro atoms. The molecule has 1 saturated carbocycles. The molecule has 0 amide bonds. The van der Waals surface area contributed by atoms with E-state index in [1.807, 2.05) is 55.5 Å². The molecule has 0 N–H and O–H groups in total. The molecule has 2 aliphatic heterocycles. The van der Waals surface area contributed by atoms with E-state index in [0.717, 1.165) is 84.9 Å². The number of carbonyl (C=O) groups is 2. The van der Waals surface area contributed by atoms with Crippen LogP contribution in [0, 0.1) is 12.8 Å². The number of hydrogen-bond acceptors (Lipinski definition) is 9. The number of imidazole rings is 1. The third-order valence-electron chi connectivity index (χ3n) is 9.52. The summed E-state index contributed by atoms with van der Waals surface area (Å²) in [5.41, 5.74) is 5.23. The summed E-state index contributed by atoms with van der Waals surface area (Å²) in [4.78, 5) is 39.3. The van der Waals surface area contributed by atoms with Crippen molar-refractivity contribution in [2.45, 2.75) is 65.0 Å². The highest BCUT2D eigenvalue weighted by atomic mass is 16.5. The molecule has 3 aliphatic rings. The predicted molar refractivity (Wildman–Crippen MR) is 174 cm³/mol. The molecule has 2 saturated heterocycles. The molecule has 0 unspecified atom stereocenters. The SMILES string of the molecule is COC(=O)c1ccc2nc(CN3CCN(c4cccc(OCc5ccc(C(=O)C6CC6)cc5C)n4)C[C@@H]3C)n(C[C@@H]3CCO3)c2c1. The molecule has 2 aromatic carbocycles. The molecule has 46 heavy (non-hydrogen) atoms. The van der Waals surface area contributed by atoms with E-state index in [9.17, 15) is 9.59 Å². The maximum absolute atomic E-state index is 12.4. The normalized spacial score (nSPS) is 20.0. The summed E-state index contributed by atoms with van der Waals surface area (Å²) in [6, 6.07) is 17.7. The van der Waals surface area contributed by atoms with Crippen molar-refractivity contribution in [2.24, 2.45) is 5.92 Å². The number of fused-ring (bicyclic) bond motifs is 1. The van der Waals surface area contributed by atoms with Crippen molar-refractivity contribution in [2.75, 3.05) is 38.3 Å². The van der Waals surface area contributed by atoms with E-state index in [0.29, 0.717) is 31.1 Å². The third kappa shape index (κ3) is 6.37. The van der Waals surface area contributed by atoms with Gasteiger partial charge < -0.3 is 23.7 Å². The largest absolute Gasteiger partial charge is 0.473 e. The molecule has 10 nitrogen and oxygen atoms in total. The fourth-order valence-electron chi connectivity index (χ4n) is 6.40. The first-order valence-corrected chi connectivity index (χ1v) is 16.3. The van der Waals surface area contributed by atoms with Gasteiger partial charge in [0.2, 0.25) is 5.88 Å². The van der Waals surface area contributed by atoms with Crippen LogP contribution in [-0.4, -0.2) is 76.7 Å². The van der Waals surface area contributed by atoms with Gasteiger partial charge in [0.15, 0.2) is 5.78 Å². The monoisotopic (exact) mass is 623 g/mol. The van der Waals surface area contributed by atoms with Crippen LogP contribution < -0.4 is 9.64 Å². The number of carbonyl (C=O) groups excluding carboxylic acids is 2. The number of anilines is 1. The van der Waals surface area contributed by atoms with Crippen LogP contribution in [0.1, 0.15) is 63.9 Å². The Kier molecular flexibility index (Phi) is 8.48. The van der Waals surface area contributed by atoms with Gasteiger partial charge in [-0.3, -0.25) is 9.69 Å². The highest BCUT2D eigenvalue weighted by Gasteiger charge is 2.31. The zero-order valence-corrected chi connectivity index (χ0v) is 26.8. The van der Waals surface area contributed by atoms with Gasteiger partial charge in [0.1, 0.15) is 18.2 Å². The van der Waals surface area contributed by atoms with Gasteiger partial charge in [0.25, 0.3) is 0 Å². The molecule has 7 rings (SSSR count). The maximum atomic E-state index is 12.4. The molecular weight excluding hydrogens is 582 g/mol. The molecule has 1 aliphatic carbocycles. The standard InChI is InChI=1S/C36H41N5O5/c1-23-17-26(35(42)25-7-8-25)9-10-28(23)22-46-34-6-4-5-32(38-34)40-15-14-39(24(2)19-40)21-33-37-30-12-11-27(36(43)44-3)18-31(30)41(33)20-29-13-16-45-29/h4-6,9-12,17-18,24-25,29H,7-8,13-16,19-22H2,1-3H3/t24-,29-/m0/s1. The molecule has 0 radical (unpaired) electrons. The number of ether oxygens (including phenoxy) is 3. The number of nitrogens with zero attached hydrogens (tertiary/aromatic N) is 5. The topological polar surface area (TPSA) is 99.0 Å². The number of Topliss-reactive ketones (excluding diaryl/α,β-unsaturated/α-hetero) is 1. The van der Waals surface area contributed by atoms with Gasteiger partial charge in [-0.2, -0.15) is 4.98 Å². The van der Waals surface area contributed by atoms with Crippen molar-refractivity contribution in [3.05, 3.63) is 82.7 Å². The van der Waals surface area contributed by atoms with Gasteiger partial charge in [-0.25, -0.2) is 9.78 Å². The lowest BCUT2D eigenvalue weighted by molar-refractivity contribution is -0.0592. The van der Waals surface area contributed by atoms with Gasteiger partial charge in [0.05, 0.1) is 42.9 Å². The predicted octanol–water partition coefficient (Wildman–Crippen LogP) is 5.20. The zero-order chi connectivity index (χ0) is 31.8. The highest BCUT2D eigenvalue weighted by molar-refractivity contribution is 5.99. The van der Waals surface area contributed by atoms with Gasteiger partial charge in [-0.05, 0) is 74.6 Å². The number of aryl methyl sites for hydroxylation is 1. The minimum Gasteiger partial charge on any atom is -0.473 e. The Hall–Kier alpha value is -4.28. The number of aromatic nitrogens is 3. The van der Waals surface area contributed by atoms with Gasteiger partial charge in [-0.1, -0.05) is 18.2 Å². The van der Waals surface area contributed by atoms with Gasteiger partial charge in [0, 0.05) is 49.8 Å². The van der Waals surface area contributed by atoms with Crippen LogP contribution in [0.2, 0.25) is 0 Å². The van der Waals surface area contributed by atoms with Crippen molar-refractivity contribution < 1.29 is 23.8 Å². The first-order chi connectivity index (χ1) is 22.4. The fraction of sp³-hybridized carbons (Fsp3) is 0.444. The molecule has 10 heteroatoms. The second-order valence-corrected chi connectivity index (χ2v) is 12.8. The molecular formula is C36H41N5O5. The van der Waals surface area contributed by atoms with Crippen LogP contribution in [0.25, 0.3) is 11.0 Å². The van der Waals surface area contributed by atoms with Gasteiger partial charge >= 0.3 is 5.97 Å². The Morgan fingerprint density at radius 3 is 2.54 bits per heavy atom. The highest BCUT2D eigenvalue weighted by Crippen LogP contribution is 2.33. The Balaban J connectivity index is 1.01. The molecule has 3 fully saturated rings. The molecule has 2 aromatic heterocycles. The minimum absolute atomic E-state index is 0.160. The average Bonchev–Trinajstić information content (AvgIpc) is 3.84. The Bertz CT molecular complexity index is 1760. The lowest BCUT2D eigenvalue weighted by Gasteiger charge is -2.40. The number of hydrogen-bond donors (Lipinski definition) is 0. The summed E-state index contributed by atoms with van der Waals surface area (Å²) in [6.07, 6.45) is 3.21. The summed E-state index contributed by atoms with van der Waals surface area (Å²) >= 11 is 0. The maximum Gasteiger partial charge on any atom is 0.337 e. The summed E-state index contributed by atoms with van der Waals surface area (Å²) < 4.78 is 19.1. The Morgan fingerprint density at radius 1 is 1.00 bits per heavy atom. The molecule has 0 bridgehead atoms. The molecule has 4 aromatic rings. The van der Waals surface area contributed by atoms with Crippen molar-refractivity contribution in [3.63, 3.8) is 0 Å². The molecule has 240 valence electrons.